The van der Waals surface area contributed by atoms with Gasteiger partial charge in [-0.05, 0) is 228 Å². The van der Waals surface area contributed by atoms with Gasteiger partial charge in [-0.25, -0.2) is 29.1 Å². The summed E-state index contributed by atoms with van der Waals surface area (Å²) in [7, 11) is 8.50. The van der Waals surface area contributed by atoms with E-state index in [-0.39, 0.29) is 5.41 Å². The van der Waals surface area contributed by atoms with Crippen molar-refractivity contribution in [1.82, 2.24) is 19.9 Å². The monoisotopic (exact) mass is 1500 g/mol. The van der Waals surface area contributed by atoms with Crippen molar-refractivity contribution in [2.75, 3.05) is 0 Å². The van der Waals surface area contributed by atoms with Gasteiger partial charge in [0.25, 0.3) is 0 Å². The molecular formula is C102H96N8O4+4. The summed E-state index contributed by atoms with van der Waals surface area (Å²) in [5.74, 6) is 0. The van der Waals surface area contributed by atoms with Gasteiger partial charge in [-0.3, -0.25) is 0 Å². The van der Waals surface area contributed by atoms with E-state index >= 15 is 0 Å². The van der Waals surface area contributed by atoms with Crippen LogP contribution in [0.3, 0.4) is 0 Å². The first-order chi connectivity index (χ1) is 54.9. The highest BCUT2D eigenvalue weighted by atomic mass is 16.4. The largest absolute Gasteiger partial charge is 0.437 e. The van der Waals surface area contributed by atoms with Crippen LogP contribution in [0.25, 0.3) is 177 Å². The zero-order chi connectivity index (χ0) is 79.4. The lowest BCUT2D eigenvalue weighted by Crippen LogP contribution is -2.32. The highest BCUT2D eigenvalue weighted by Crippen LogP contribution is 2.44. The molecule has 0 amide bonds. The smallest absolute Gasteiger partial charge is 0.227 e. The van der Waals surface area contributed by atoms with Gasteiger partial charge in [-0.15, -0.1) is 0 Å². The number of hydrogen-bond donors (Lipinski definition) is 0. The van der Waals surface area contributed by atoms with Crippen molar-refractivity contribution in [1.29, 1.82) is 0 Å². The second-order valence-electron chi connectivity index (χ2n) is 32.5. The standard InChI is InChI=1S/C28H29N2O.C26H25N2O.2C24H21N2O/c1-17-10-12-21-22-13-11-18(2)29-27(22)31-26(21)25(17)24-15-14-20-19(16-28(3,4)5)8-7-9-23(20)30(24)6;1-5-7-18-8-6-9-22-19(18)14-15-23(28(22)4)24-16(2)10-12-20-21-13-11-17(3)27-26(21)29-25(20)24;1-14-11-20-19-10-9-15(2)25-24(19)27-23(20)22(16(14)3)21-12-17-7-5-6-8-18(17)13-26(21)4;1-14-13-20-19-10-9-15(2)25-24(19)27-23(20)21(16(14)3)22-18-8-6-5-7-17(18)11-12-26(22)4/h7-15H,16H2,1-6H3;6,8-15H,5,7H2,1-4H3;2*5-13H,1-4H3/q4*+1. The SMILES string of the molecule is CCCc1cccc2c1ccc(-c1c(C)ccc3c1oc1nc(C)ccc13)[n+]2C.Cc1ccc2c(n1)oc1c(-c3c4ccccc4cc[n+]3C)c(C)c(C)cc12.Cc1ccc2c(n1)oc1c(-c3cc4ccccc4c[n+]3C)c(C)c(C)cc12.Cc1ccc2c(n1)oc1c(-c3ccc4c(CC(C)(C)C)cccc4[n+]3C)c(C)ccc12. The molecule has 0 atom stereocenters. The van der Waals surface area contributed by atoms with E-state index in [1.807, 2.05) is 52.0 Å². The third kappa shape index (κ3) is 13.1. The predicted octanol–water partition coefficient (Wildman–Crippen LogP) is 24.1. The molecule has 12 heteroatoms. The molecule has 12 aromatic heterocycles. The summed E-state index contributed by atoms with van der Waals surface area (Å²) in [6.45, 7) is 30.1. The molecule has 0 radical (unpaired) electrons. The second kappa shape index (κ2) is 29.1. The van der Waals surface area contributed by atoms with Crippen molar-refractivity contribution < 1.29 is 35.9 Å². The molecule has 0 unspecified atom stereocenters. The van der Waals surface area contributed by atoms with Gasteiger partial charge in [0.2, 0.25) is 56.7 Å². The summed E-state index contributed by atoms with van der Waals surface area (Å²) in [6, 6.07) is 73.4. The van der Waals surface area contributed by atoms with Crippen molar-refractivity contribution >= 4 is 132 Å². The normalized spacial score (nSPS) is 11.9. The highest BCUT2D eigenvalue weighted by Gasteiger charge is 2.30. The molecule has 0 saturated heterocycles. The van der Waals surface area contributed by atoms with Gasteiger partial charge in [0.05, 0.1) is 27.6 Å². The lowest BCUT2D eigenvalue weighted by Gasteiger charge is -2.19. The minimum atomic E-state index is 0.243. The van der Waals surface area contributed by atoms with Crippen LogP contribution in [0.5, 0.6) is 0 Å². The quantitative estimate of drug-likeness (QED) is 0.145. The molecule has 20 aromatic rings. The average molecular weight is 1500 g/mol. The van der Waals surface area contributed by atoms with E-state index in [0.29, 0.717) is 22.9 Å². The van der Waals surface area contributed by atoms with Crippen LogP contribution in [0.2, 0.25) is 0 Å². The molecule has 12 heterocycles. The molecule has 0 aliphatic heterocycles. The number of hydrogen-bond acceptors (Lipinski definition) is 8. The van der Waals surface area contributed by atoms with Crippen LogP contribution >= 0.6 is 0 Å². The second-order valence-corrected chi connectivity index (χ2v) is 32.5. The fourth-order valence-corrected chi connectivity index (χ4v) is 17.1. The van der Waals surface area contributed by atoms with Crippen molar-refractivity contribution in [2.45, 2.75) is 116 Å². The van der Waals surface area contributed by atoms with Crippen LogP contribution < -0.4 is 18.3 Å². The van der Waals surface area contributed by atoms with Gasteiger partial charge in [-0.1, -0.05) is 119 Å². The van der Waals surface area contributed by atoms with Crippen molar-refractivity contribution in [2.24, 2.45) is 33.6 Å². The Bertz CT molecular complexity index is 7320. The highest BCUT2D eigenvalue weighted by molar-refractivity contribution is 6.14. The molecule has 0 N–H and O–H groups in total. The third-order valence-corrected chi connectivity index (χ3v) is 23.2. The molecule has 0 aliphatic carbocycles. The number of nitrogens with zero attached hydrogens (tertiary/aromatic N) is 8. The molecule has 0 aliphatic rings. The van der Waals surface area contributed by atoms with Gasteiger partial charge in [0.15, 0.2) is 34.7 Å². The molecule has 114 heavy (non-hydrogen) atoms. The summed E-state index contributed by atoms with van der Waals surface area (Å²) in [6.07, 6.45) is 7.60. The summed E-state index contributed by atoms with van der Waals surface area (Å²) in [4.78, 5) is 18.5. The molecule has 0 saturated carbocycles. The molecule has 12 nitrogen and oxygen atoms in total. The van der Waals surface area contributed by atoms with Crippen LogP contribution in [-0.2, 0) is 41.0 Å². The molecule has 20 rings (SSSR count). The van der Waals surface area contributed by atoms with Gasteiger partial charge < -0.3 is 17.7 Å². The Kier molecular flexibility index (Phi) is 18.9. The van der Waals surface area contributed by atoms with Crippen LogP contribution in [0.1, 0.15) is 101 Å². The first-order valence-corrected chi connectivity index (χ1v) is 39.7. The minimum absolute atomic E-state index is 0.243. The van der Waals surface area contributed by atoms with E-state index in [4.69, 9.17) is 17.7 Å². The summed E-state index contributed by atoms with van der Waals surface area (Å²) >= 11 is 0. The van der Waals surface area contributed by atoms with Gasteiger partial charge in [0.1, 0.15) is 28.2 Å². The van der Waals surface area contributed by atoms with E-state index in [1.165, 1.54) is 93.6 Å². The van der Waals surface area contributed by atoms with Crippen molar-refractivity contribution in [3.63, 3.8) is 0 Å². The topological polar surface area (TPSA) is 120 Å². The number of furan rings is 4. The van der Waals surface area contributed by atoms with E-state index in [1.54, 1.807) is 0 Å². The van der Waals surface area contributed by atoms with E-state index in [2.05, 4.69) is 330 Å². The Balaban J connectivity index is 0.000000110. The number of aromatic nitrogens is 8. The molecule has 0 bridgehead atoms. The van der Waals surface area contributed by atoms with Crippen molar-refractivity contribution in [3.8, 4) is 45.0 Å². The van der Waals surface area contributed by atoms with E-state index in [9.17, 15) is 0 Å². The molecule has 564 valence electrons. The Hall–Kier alpha value is -12.8. The zero-order valence-electron chi connectivity index (χ0n) is 68.6. The van der Waals surface area contributed by atoms with Gasteiger partial charge in [-0.2, -0.15) is 9.13 Å². The fraction of sp³-hybridized carbons (Fsp3) is 0.216. The maximum Gasteiger partial charge on any atom is 0.227 e. The molecular weight excluding hydrogens is 1400 g/mol. The minimum Gasteiger partial charge on any atom is -0.437 e. The number of rotatable bonds is 7. The van der Waals surface area contributed by atoms with Crippen molar-refractivity contribution in [3.05, 3.63) is 286 Å². The molecule has 0 fully saturated rings. The lowest BCUT2D eigenvalue weighted by atomic mass is 9.86. The van der Waals surface area contributed by atoms with Crippen LogP contribution in [0.4, 0.5) is 0 Å². The first-order valence-electron chi connectivity index (χ1n) is 39.7. The summed E-state index contributed by atoms with van der Waals surface area (Å²) in [5, 5.41) is 16.3. The number of pyridine rings is 8. The fourth-order valence-electron chi connectivity index (χ4n) is 17.1. The van der Waals surface area contributed by atoms with Crippen LogP contribution in [0, 0.1) is 74.7 Å². The lowest BCUT2D eigenvalue weighted by molar-refractivity contribution is -0.659. The Morgan fingerprint density at radius 1 is 0.325 bits per heavy atom. The summed E-state index contributed by atoms with van der Waals surface area (Å²) < 4.78 is 34.2. The Labute approximate surface area is 664 Å². The Morgan fingerprint density at radius 3 is 1.23 bits per heavy atom. The van der Waals surface area contributed by atoms with Crippen LogP contribution in [0.15, 0.2) is 236 Å². The van der Waals surface area contributed by atoms with Crippen LogP contribution in [-0.4, -0.2) is 19.9 Å². The van der Waals surface area contributed by atoms with Gasteiger partial charge in [0, 0.05) is 118 Å². The maximum absolute atomic E-state index is 6.33. The Morgan fingerprint density at radius 2 is 0.737 bits per heavy atom. The van der Waals surface area contributed by atoms with Gasteiger partial charge >= 0.3 is 0 Å². The number of benzene rings is 8. The molecule has 0 spiro atoms. The zero-order valence-corrected chi connectivity index (χ0v) is 68.6. The summed E-state index contributed by atoms with van der Waals surface area (Å²) in [5.41, 5.74) is 32.5. The third-order valence-electron chi connectivity index (χ3n) is 23.2. The maximum atomic E-state index is 6.33. The average Bonchev–Trinajstić information content (AvgIpc) is 1.55. The van der Waals surface area contributed by atoms with E-state index < -0.39 is 0 Å². The predicted molar refractivity (Wildman–Crippen MR) is 467 cm³/mol. The molecule has 8 aromatic carbocycles. The number of fused-ring (bicyclic) bond motifs is 16. The number of aryl methyl sites for hydroxylation is 13. The van der Waals surface area contributed by atoms with E-state index in [0.717, 1.165) is 147 Å². The first kappa shape index (κ1) is 74.0.